The number of carbonyl (C=O) groups is 1. The number of amides is 1. The van der Waals surface area contributed by atoms with E-state index in [9.17, 15) is 4.79 Å². The first-order valence-corrected chi connectivity index (χ1v) is 6.78. The summed E-state index contributed by atoms with van der Waals surface area (Å²) in [5.41, 5.74) is 0.868. The van der Waals surface area contributed by atoms with Crippen molar-refractivity contribution in [3.05, 3.63) is 22.4 Å². The van der Waals surface area contributed by atoms with Crippen LogP contribution in [0.15, 0.2) is 16.8 Å². The molecule has 1 aromatic rings. The minimum absolute atomic E-state index is 0.235. The highest BCUT2D eigenvalue weighted by Gasteiger charge is 2.41. The summed E-state index contributed by atoms with van der Waals surface area (Å²) in [7, 11) is 0. The summed E-state index contributed by atoms with van der Waals surface area (Å²) in [6.45, 7) is 0.962. The number of rotatable bonds is 1. The fourth-order valence-electron chi connectivity index (χ4n) is 2.20. The van der Waals surface area contributed by atoms with Crippen LogP contribution in [0.2, 0.25) is 0 Å². The molecule has 74 valence electrons. The summed E-state index contributed by atoms with van der Waals surface area (Å²) in [4.78, 5) is 14.1. The van der Waals surface area contributed by atoms with E-state index in [2.05, 4.69) is 4.90 Å². The molecular formula is C10H11NOS2. The van der Waals surface area contributed by atoms with Gasteiger partial charge in [0, 0.05) is 29.0 Å². The molecule has 0 saturated carbocycles. The van der Waals surface area contributed by atoms with Crippen molar-refractivity contribution in [2.45, 2.75) is 17.7 Å². The van der Waals surface area contributed by atoms with Gasteiger partial charge in [0.1, 0.15) is 0 Å². The van der Waals surface area contributed by atoms with Gasteiger partial charge in [0.2, 0.25) is 0 Å². The normalized spacial score (nSPS) is 29.9. The van der Waals surface area contributed by atoms with Crippen molar-refractivity contribution in [3.8, 4) is 0 Å². The van der Waals surface area contributed by atoms with E-state index < -0.39 is 0 Å². The molecule has 0 N–H and O–H groups in total. The van der Waals surface area contributed by atoms with E-state index in [0.717, 1.165) is 17.9 Å². The van der Waals surface area contributed by atoms with Crippen LogP contribution in [-0.2, 0) is 0 Å². The maximum atomic E-state index is 12.0. The summed E-state index contributed by atoms with van der Waals surface area (Å²) in [5, 5.41) is 4.63. The minimum atomic E-state index is 0.235. The zero-order chi connectivity index (χ0) is 9.54. The molecule has 2 saturated heterocycles. The molecule has 3 heterocycles. The first kappa shape index (κ1) is 8.80. The lowest BCUT2D eigenvalue weighted by molar-refractivity contribution is 0.0748. The van der Waals surface area contributed by atoms with Crippen LogP contribution in [0.3, 0.4) is 0 Å². The molecule has 2 unspecified atom stereocenters. The van der Waals surface area contributed by atoms with Gasteiger partial charge in [0.15, 0.2) is 0 Å². The van der Waals surface area contributed by atoms with Gasteiger partial charge in [-0.2, -0.15) is 23.1 Å². The third-order valence-corrected chi connectivity index (χ3v) is 5.00. The SMILES string of the molecule is O=C(c1ccsc1)N1CC2CC1CS2. The van der Waals surface area contributed by atoms with Crippen molar-refractivity contribution in [3.63, 3.8) is 0 Å². The maximum Gasteiger partial charge on any atom is 0.255 e. The van der Waals surface area contributed by atoms with Crippen LogP contribution in [0.5, 0.6) is 0 Å². The Morgan fingerprint density at radius 1 is 1.57 bits per heavy atom. The van der Waals surface area contributed by atoms with Crippen LogP contribution in [0.25, 0.3) is 0 Å². The van der Waals surface area contributed by atoms with Crippen LogP contribution in [0, 0.1) is 0 Å². The van der Waals surface area contributed by atoms with Crippen LogP contribution in [0.4, 0.5) is 0 Å². The smallest absolute Gasteiger partial charge is 0.255 e. The van der Waals surface area contributed by atoms with Gasteiger partial charge in [-0.1, -0.05) is 0 Å². The molecule has 4 heteroatoms. The van der Waals surface area contributed by atoms with Crippen molar-refractivity contribution in [1.29, 1.82) is 0 Å². The molecule has 14 heavy (non-hydrogen) atoms. The van der Waals surface area contributed by atoms with Crippen molar-refractivity contribution in [2.24, 2.45) is 0 Å². The molecule has 0 spiro atoms. The van der Waals surface area contributed by atoms with Crippen LogP contribution < -0.4 is 0 Å². The zero-order valence-electron chi connectivity index (χ0n) is 7.68. The molecule has 2 aliphatic heterocycles. The van der Waals surface area contributed by atoms with Gasteiger partial charge in [0.05, 0.1) is 5.56 Å². The summed E-state index contributed by atoms with van der Waals surface area (Å²) in [6.07, 6.45) is 1.21. The molecule has 2 atom stereocenters. The Kier molecular flexibility index (Phi) is 2.06. The molecule has 1 aromatic heterocycles. The van der Waals surface area contributed by atoms with E-state index in [1.807, 2.05) is 28.6 Å². The summed E-state index contributed by atoms with van der Waals surface area (Å²) >= 11 is 3.61. The Morgan fingerprint density at radius 2 is 2.50 bits per heavy atom. The van der Waals surface area contributed by atoms with Gasteiger partial charge in [-0.05, 0) is 17.9 Å². The van der Waals surface area contributed by atoms with Gasteiger partial charge in [-0.25, -0.2) is 0 Å². The third kappa shape index (κ3) is 1.28. The van der Waals surface area contributed by atoms with E-state index in [0.29, 0.717) is 11.3 Å². The maximum absolute atomic E-state index is 12.0. The van der Waals surface area contributed by atoms with E-state index in [-0.39, 0.29) is 5.91 Å². The monoisotopic (exact) mass is 225 g/mol. The lowest BCUT2D eigenvalue weighted by atomic mass is 10.2. The van der Waals surface area contributed by atoms with Crippen molar-refractivity contribution < 1.29 is 4.79 Å². The van der Waals surface area contributed by atoms with Gasteiger partial charge in [-0.3, -0.25) is 4.79 Å². The molecule has 2 aliphatic rings. The van der Waals surface area contributed by atoms with Crippen molar-refractivity contribution in [2.75, 3.05) is 12.3 Å². The second-order valence-corrected chi connectivity index (χ2v) is 5.93. The van der Waals surface area contributed by atoms with Crippen molar-refractivity contribution >= 4 is 29.0 Å². The highest BCUT2D eigenvalue weighted by Crippen LogP contribution is 2.38. The first-order chi connectivity index (χ1) is 6.84. The standard InChI is InChI=1S/C10H11NOS2/c12-10(7-1-2-13-5-7)11-4-9-3-8(11)6-14-9/h1-2,5,8-9H,3-4,6H2. The van der Waals surface area contributed by atoms with E-state index in [1.165, 1.54) is 6.42 Å². The zero-order valence-corrected chi connectivity index (χ0v) is 9.31. The van der Waals surface area contributed by atoms with Crippen LogP contribution >= 0.6 is 23.1 Å². The van der Waals surface area contributed by atoms with E-state index in [4.69, 9.17) is 0 Å². The predicted octanol–water partition coefficient (Wildman–Crippen LogP) is 2.08. The molecule has 0 aromatic carbocycles. The Bertz CT molecular complexity index is 349. The Labute approximate surface area is 91.3 Å². The second-order valence-electron chi connectivity index (χ2n) is 3.81. The molecule has 3 rings (SSSR count). The first-order valence-electron chi connectivity index (χ1n) is 4.79. The molecule has 0 aliphatic carbocycles. The van der Waals surface area contributed by atoms with E-state index in [1.54, 1.807) is 11.3 Å². The molecule has 0 radical (unpaired) electrons. The third-order valence-electron chi connectivity index (χ3n) is 2.93. The lowest BCUT2D eigenvalue weighted by Gasteiger charge is -2.26. The summed E-state index contributed by atoms with van der Waals surface area (Å²) < 4.78 is 0. The number of hydrogen-bond donors (Lipinski definition) is 0. The van der Waals surface area contributed by atoms with E-state index >= 15 is 0 Å². The fraction of sp³-hybridized carbons (Fsp3) is 0.500. The lowest BCUT2D eigenvalue weighted by Crippen LogP contribution is -2.38. The number of likely N-dealkylation sites (tertiary alicyclic amines) is 1. The summed E-state index contributed by atoms with van der Waals surface area (Å²) in [6, 6.07) is 2.43. The molecule has 1 amide bonds. The summed E-state index contributed by atoms with van der Waals surface area (Å²) in [5.74, 6) is 1.37. The number of carbonyl (C=O) groups excluding carboxylic acids is 1. The van der Waals surface area contributed by atoms with Crippen molar-refractivity contribution in [1.82, 2.24) is 4.90 Å². The van der Waals surface area contributed by atoms with Crippen LogP contribution in [-0.4, -0.2) is 34.4 Å². The number of thioether (sulfide) groups is 1. The molecule has 2 bridgehead atoms. The number of hydrogen-bond acceptors (Lipinski definition) is 3. The number of thiophene rings is 1. The molecule has 2 fully saturated rings. The highest BCUT2D eigenvalue weighted by atomic mass is 32.2. The highest BCUT2D eigenvalue weighted by molar-refractivity contribution is 8.00. The molecule has 2 nitrogen and oxygen atoms in total. The second kappa shape index (κ2) is 3.28. The minimum Gasteiger partial charge on any atom is -0.334 e. The van der Waals surface area contributed by atoms with Crippen LogP contribution in [0.1, 0.15) is 16.8 Å². The molecular weight excluding hydrogens is 214 g/mol. The number of fused-ring (bicyclic) bond motifs is 2. The quantitative estimate of drug-likeness (QED) is 0.729. The van der Waals surface area contributed by atoms with Gasteiger partial charge in [-0.15, -0.1) is 0 Å². The van der Waals surface area contributed by atoms with Gasteiger partial charge >= 0.3 is 0 Å². The van der Waals surface area contributed by atoms with Gasteiger partial charge < -0.3 is 4.90 Å². The van der Waals surface area contributed by atoms with Gasteiger partial charge in [0.25, 0.3) is 5.91 Å². The fourth-order valence-corrected chi connectivity index (χ4v) is 4.26. The Morgan fingerprint density at radius 3 is 3.07 bits per heavy atom. The average Bonchev–Trinajstić information content (AvgIpc) is 2.93. The predicted molar refractivity (Wildman–Crippen MR) is 60.0 cm³/mol. The average molecular weight is 225 g/mol. The topological polar surface area (TPSA) is 20.3 Å². The Balaban J connectivity index is 1.81. The Hall–Kier alpha value is -0.480. The largest absolute Gasteiger partial charge is 0.334 e. The number of nitrogens with zero attached hydrogens (tertiary/aromatic N) is 1.